The summed E-state index contributed by atoms with van der Waals surface area (Å²) in [5.74, 6) is -3.28. The van der Waals surface area contributed by atoms with Gasteiger partial charge in [0, 0.05) is 73.5 Å². The average molecular weight is 1470 g/mol. The first kappa shape index (κ1) is 74.5. The standard InChI is InChI=1S/C80H89N13O15/c1-45(2)71(86-69(96)40-83-68(95)39-82-67(94)26-27-70(97)90-41-51-14-9-10-15-55(51)72-73(93(46(3)4)88-87-72)56-16-11-12-17-60(56)90)75(99)84-48(6)74(98)85-53-24-20-49(21-25-53)43-108-79(103)92-61-36-66(64(105-8)34-58(61)77(101)91-44-80(28-29-80)37-62(91)78(92)102)107-31-13-30-106-65-35-59-57(33-63(65)104-7)76(100)89-42-52(32-54(89)38-81-59)50-22-18-47(5)19-23-50/h9-12,14-25,33-36,42,45-46,48,54,62,71,78,81,102H,13,26-32,37-41,43-44H2,1-8H3,(H,82,94)(H,83,95)(H,84,99)(H,85,98)(H,86,96)/t48-,54-,62-,71-,78?/m0/s1. The highest BCUT2D eigenvalue weighted by Crippen LogP contribution is 2.57. The normalized spacial score (nSPS) is 17.6. The van der Waals surface area contributed by atoms with Crippen LogP contribution in [0.25, 0.3) is 28.1 Å². The Morgan fingerprint density at radius 1 is 0.704 bits per heavy atom. The van der Waals surface area contributed by atoms with Crippen molar-refractivity contribution in [3.05, 3.63) is 161 Å². The maximum Gasteiger partial charge on any atom is 0.416 e. The quantitative estimate of drug-likeness (QED) is 0.0263. The molecule has 564 valence electrons. The number of carbonyl (C=O) groups excluding carboxylic acids is 9. The number of ether oxygens (including phenoxy) is 5. The summed E-state index contributed by atoms with van der Waals surface area (Å²) in [5.41, 5.74) is 9.88. The van der Waals surface area contributed by atoms with Gasteiger partial charge in [-0.15, -0.1) is 5.10 Å². The van der Waals surface area contributed by atoms with Crippen molar-refractivity contribution >= 4 is 81.7 Å². The molecule has 5 aliphatic heterocycles. The fraction of sp³-hybridized carbons (Fsp3) is 0.388. The van der Waals surface area contributed by atoms with Crippen LogP contribution in [0.5, 0.6) is 23.0 Å². The van der Waals surface area contributed by atoms with Crippen molar-refractivity contribution in [2.45, 2.75) is 136 Å². The first-order valence-corrected chi connectivity index (χ1v) is 36.4. The zero-order valence-electron chi connectivity index (χ0n) is 61.6. The van der Waals surface area contributed by atoms with Crippen LogP contribution in [0, 0.1) is 18.3 Å². The van der Waals surface area contributed by atoms with E-state index in [1.807, 2.05) is 80.2 Å². The number of aromatic nitrogens is 3. The lowest BCUT2D eigenvalue weighted by Crippen LogP contribution is -2.55. The van der Waals surface area contributed by atoms with Crippen molar-refractivity contribution in [2.75, 3.05) is 74.0 Å². The van der Waals surface area contributed by atoms with E-state index in [1.54, 1.807) is 64.9 Å². The molecule has 0 bridgehead atoms. The van der Waals surface area contributed by atoms with Gasteiger partial charge in [-0.1, -0.05) is 103 Å². The molecule has 7 aromatic rings. The number of fused-ring (bicyclic) bond motifs is 9. The highest BCUT2D eigenvalue weighted by molar-refractivity contribution is 6.07. The van der Waals surface area contributed by atoms with Gasteiger partial charge in [-0.2, -0.15) is 0 Å². The van der Waals surface area contributed by atoms with Crippen molar-refractivity contribution < 1.29 is 71.9 Å². The highest BCUT2D eigenvalue weighted by Gasteiger charge is 2.58. The summed E-state index contributed by atoms with van der Waals surface area (Å²) in [6, 6.07) is 33.3. The number of para-hydroxylation sites is 1. The van der Waals surface area contributed by atoms with Crippen LogP contribution in [-0.2, 0) is 46.7 Å². The van der Waals surface area contributed by atoms with Gasteiger partial charge in [0.15, 0.2) is 29.2 Å². The molecular weight excluding hydrogens is 1380 g/mol. The molecule has 108 heavy (non-hydrogen) atoms. The van der Waals surface area contributed by atoms with Gasteiger partial charge in [0.25, 0.3) is 11.8 Å². The zero-order valence-corrected chi connectivity index (χ0v) is 61.6. The molecule has 6 heterocycles. The Morgan fingerprint density at radius 2 is 1.38 bits per heavy atom. The molecule has 6 aromatic carbocycles. The van der Waals surface area contributed by atoms with E-state index >= 15 is 0 Å². The summed E-state index contributed by atoms with van der Waals surface area (Å²) in [4.78, 5) is 130. The average Bonchev–Trinajstić information content (AvgIpc) is 1.56. The number of nitrogens with zero attached hydrogens (tertiary/aromatic N) is 7. The Labute approximate surface area is 624 Å². The first-order chi connectivity index (χ1) is 52.0. The van der Waals surface area contributed by atoms with Crippen molar-refractivity contribution in [1.29, 1.82) is 0 Å². The molecule has 2 fully saturated rings. The lowest BCUT2D eigenvalue weighted by Gasteiger charge is -2.31. The minimum Gasteiger partial charge on any atom is -0.493 e. The highest BCUT2D eigenvalue weighted by atomic mass is 16.6. The third kappa shape index (κ3) is 15.8. The molecule has 9 amide bonds. The minimum absolute atomic E-state index is 0.0284. The molecule has 28 heteroatoms. The van der Waals surface area contributed by atoms with Crippen molar-refractivity contribution in [3.63, 3.8) is 0 Å². The molecule has 1 saturated carbocycles. The molecule has 28 nitrogen and oxygen atoms in total. The molecule has 1 unspecified atom stereocenters. The summed E-state index contributed by atoms with van der Waals surface area (Å²) in [7, 11) is 2.96. The second-order valence-electron chi connectivity index (χ2n) is 28.9. The molecule has 13 rings (SSSR count). The first-order valence-electron chi connectivity index (χ1n) is 36.4. The van der Waals surface area contributed by atoms with Crippen LogP contribution in [0.15, 0.2) is 128 Å². The topological polar surface area (TPSA) is 336 Å². The third-order valence-corrected chi connectivity index (χ3v) is 20.6. The van der Waals surface area contributed by atoms with Crippen LogP contribution in [-0.4, -0.2) is 167 Å². The van der Waals surface area contributed by atoms with E-state index in [1.165, 1.54) is 33.3 Å². The van der Waals surface area contributed by atoms with Gasteiger partial charge in [0.1, 0.15) is 24.4 Å². The molecule has 1 aliphatic carbocycles. The summed E-state index contributed by atoms with van der Waals surface area (Å²) in [5, 5.41) is 37.7. The van der Waals surface area contributed by atoms with Crippen LogP contribution in [0.1, 0.15) is 129 Å². The summed E-state index contributed by atoms with van der Waals surface area (Å²) >= 11 is 0. The minimum atomic E-state index is -1.50. The van der Waals surface area contributed by atoms with Crippen LogP contribution in [0.4, 0.5) is 27.5 Å². The summed E-state index contributed by atoms with van der Waals surface area (Å²) < 4.78 is 31.8. The Bertz CT molecular complexity index is 4690. The Morgan fingerprint density at radius 3 is 2.08 bits per heavy atom. The number of benzene rings is 6. The van der Waals surface area contributed by atoms with Crippen LogP contribution in [0.3, 0.4) is 0 Å². The van der Waals surface area contributed by atoms with Gasteiger partial charge >= 0.3 is 6.09 Å². The molecule has 0 radical (unpaired) electrons. The molecule has 5 atom stereocenters. The number of methoxy groups -OCH3 is 2. The third-order valence-electron chi connectivity index (χ3n) is 20.6. The molecule has 7 N–H and O–H groups in total. The van der Waals surface area contributed by atoms with Crippen molar-refractivity contribution in [3.8, 4) is 45.5 Å². The van der Waals surface area contributed by atoms with E-state index in [2.05, 4.69) is 66.5 Å². The number of nitrogens with one attached hydrogen (secondary N) is 6. The molecule has 1 saturated heterocycles. The molecule has 1 spiro atoms. The number of rotatable bonds is 25. The second kappa shape index (κ2) is 31.7. The zero-order chi connectivity index (χ0) is 76.2. The van der Waals surface area contributed by atoms with E-state index < -0.39 is 79.0 Å². The number of hydrogen-bond donors (Lipinski definition) is 7. The van der Waals surface area contributed by atoms with Crippen LogP contribution < -0.4 is 60.6 Å². The van der Waals surface area contributed by atoms with Gasteiger partial charge in [0.05, 0.1) is 93.0 Å². The summed E-state index contributed by atoms with van der Waals surface area (Å²) in [6.45, 7) is 11.1. The number of hydrogen-bond acceptors (Lipinski definition) is 18. The largest absolute Gasteiger partial charge is 0.493 e. The number of carbonyl (C=O) groups is 9. The second-order valence-corrected chi connectivity index (χ2v) is 28.9. The lowest BCUT2D eigenvalue weighted by molar-refractivity contribution is -0.132. The van der Waals surface area contributed by atoms with E-state index in [0.717, 1.165) is 56.8 Å². The lowest BCUT2D eigenvalue weighted by atomic mass is 9.95. The maximum absolute atomic E-state index is 14.5. The maximum atomic E-state index is 14.5. The Balaban J connectivity index is 0.569. The monoisotopic (exact) mass is 1470 g/mol. The number of amides is 9. The van der Waals surface area contributed by atoms with E-state index in [0.29, 0.717) is 77.7 Å². The van der Waals surface area contributed by atoms with Crippen molar-refractivity contribution in [1.82, 2.24) is 46.1 Å². The fourth-order valence-corrected chi connectivity index (χ4v) is 14.5. The molecular formula is C80H89N13O15. The van der Waals surface area contributed by atoms with Gasteiger partial charge in [-0.25, -0.2) is 14.4 Å². The predicted molar refractivity (Wildman–Crippen MR) is 401 cm³/mol. The van der Waals surface area contributed by atoms with E-state index in [4.69, 9.17) is 23.7 Å². The summed E-state index contributed by atoms with van der Waals surface area (Å²) in [6.07, 6.45) is 2.43. The van der Waals surface area contributed by atoms with Gasteiger partial charge in [0.2, 0.25) is 35.4 Å². The van der Waals surface area contributed by atoms with Crippen LogP contribution >= 0.6 is 0 Å². The predicted octanol–water partition coefficient (Wildman–Crippen LogP) is 8.66. The smallest absolute Gasteiger partial charge is 0.416 e. The number of aliphatic hydroxyl groups is 1. The van der Waals surface area contributed by atoms with Crippen LogP contribution in [0.2, 0.25) is 0 Å². The molecule has 1 aromatic heterocycles. The molecule has 6 aliphatic rings. The van der Waals surface area contributed by atoms with Gasteiger partial charge in [-0.3, -0.25) is 38.4 Å². The SMILES string of the molecule is COc1cc2c(cc1OCCCOc1cc3c(cc1OC)C(=O)N1CC4(CC4)C[C@H]1C(O)N3C(=O)OCc1ccc(NC(=O)[C@H](C)NC(=O)[C@@H](NC(=O)CNC(=O)CNC(=O)CCC(=O)N3Cc4ccccc4-c4nnn(C(C)C)c4-c4ccccc43)C(C)C)cc1)NC[C@@H]1CC(c3ccc(C)cc3)=CN1C2=O. The fourth-order valence-electron chi connectivity index (χ4n) is 14.5. The van der Waals surface area contributed by atoms with E-state index in [-0.39, 0.29) is 97.2 Å². The van der Waals surface area contributed by atoms with Crippen molar-refractivity contribution in [2.24, 2.45) is 11.3 Å². The number of aliphatic hydroxyl groups excluding tert-OH is 1. The Kier molecular flexibility index (Phi) is 21.9. The Hall–Kier alpha value is -11.8. The number of aryl methyl sites for hydroxylation is 1. The van der Waals surface area contributed by atoms with Gasteiger partial charge in [-0.05, 0) is 117 Å². The van der Waals surface area contributed by atoms with E-state index in [9.17, 15) is 48.3 Å². The number of anilines is 4. The van der Waals surface area contributed by atoms with Gasteiger partial charge < -0.3 is 75.4 Å².